The predicted octanol–water partition coefficient (Wildman–Crippen LogP) is 0.107. The number of rotatable bonds is 1. The Morgan fingerprint density at radius 1 is 1.62 bits per heavy atom. The van der Waals surface area contributed by atoms with Gasteiger partial charge >= 0.3 is 0 Å². The number of hydrogen-bond acceptors (Lipinski definition) is 6. The molecular formula is C9H14N4O2S. The molecule has 1 saturated heterocycles. The summed E-state index contributed by atoms with van der Waals surface area (Å²) >= 11 is 1.07. The normalized spacial score (nSPS) is 25.8. The lowest BCUT2D eigenvalue weighted by Gasteiger charge is -2.36. The number of likely N-dealkylation sites (tertiary alicyclic amines) is 1. The van der Waals surface area contributed by atoms with Crippen molar-refractivity contribution in [2.24, 2.45) is 0 Å². The van der Waals surface area contributed by atoms with Crippen LogP contribution >= 0.6 is 11.3 Å². The van der Waals surface area contributed by atoms with E-state index in [1.807, 2.05) is 0 Å². The molecule has 1 aliphatic rings. The number of nitrogens with zero attached hydrogens (tertiary/aromatic N) is 3. The first-order valence-corrected chi connectivity index (χ1v) is 5.90. The van der Waals surface area contributed by atoms with E-state index in [-0.39, 0.29) is 16.0 Å². The Morgan fingerprint density at radius 3 is 2.94 bits per heavy atom. The van der Waals surface area contributed by atoms with E-state index in [0.717, 1.165) is 24.2 Å². The molecule has 2 heterocycles. The molecular weight excluding hydrogens is 228 g/mol. The Morgan fingerprint density at radius 2 is 2.38 bits per heavy atom. The third-order valence-electron chi connectivity index (χ3n) is 2.59. The van der Waals surface area contributed by atoms with Gasteiger partial charge in [-0.1, -0.05) is 11.3 Å². The van der Waals surface area contributed by atoms with Crippen molar-refractivity contribution in [1.29, 1.82) is 0 Å². The Labute approximate surface area is 97.1 Å². The van der Waals surface area contributed by atoms with Gasteiger partial charge in [-0.2, -0.15) is 0 Å². The van der Waals surface area contributed by atoms with Gasteiger partial charge in [-0.25, -0.2) is 0 Å². The first kappa shape index (κ1) is 11.3. The molecule has 0 saturated carbocycles. The molecule has 0 aromatic carbocycles. The number of aromatic nitrogens is 2. The number of carbonyl (C=O) groups is 1. The third-order valence-corrected chi connectivity index (χ3v) is 3.33. The van der Waals surface area contributed by atoms with Crippen LogP contribution in [0.15, 0.2) is 0 Å². The second kappa shape index (κ2) is 3.99. The van der Waals surface area contributed by atoms with E-state index in [4.69, 9.17) is 5.73 Å². The quantitative estimate of drug-likeness (QED) is 0.729. The molecule has 16 heavy (non-hydrogen) atoms. The number of nitrogen functional groups attached to an aromatic ring is 1. The van der Waals surface area contributed by atoms with Gasteiger partial charge in [-0.05, 0) is 19.8 Å². The summed E-state index contributed by atoms with van der Waals surface area (Å²) in [7, 11) is 0. The molecule has 1 atom stereocenters. The Bertz CT molecular complexity index is 404. The molecule has 0 spiro atoms. The van der Waals surface area contributed by atoms with Crippen molar-refractivity contribution in [2.75, 3.05) is 18.8 Å². The lowest BCUT2D eigenvalue weighted by atomic mass is 9.95. The minimum absolute atomic E-state index is 0.200. The molecule has 1 amide bonds. The maximum atomic E-state index is 12.0. The zero-order valence-corrected chi connectivity index (χ0v) is 9.83. The summed E-state index contributed by atoms with van der Waals surface area (Å²) in [6, 6.07) is 0. The van der Waals surface area contributed by atoms with Crippen LogP contribution in [0.1, 0.15) is 29.6 Å². The first-order valence-electron chi connectivity index (χ1n) is 5.09. The summed E-state index contributed by atoms with van der Waals surface area (Å²) in [5, 5.41) is 17.8. The largest absolute Gasteiger partial charge is 0.388 e. The Kier molecular flexibility index (Phi) is 2.81. The molecule has 3 N–H and O–H groups in total. The van der Waals surface area contributed by atoms with Crippen molar-refractivity contribution < 1.29 is 9.90 Å². The number of piperidine rings is 1. The standard InChI is InChI=1S/C9H14N4O2S/c1-9(15)3-2-4-13(5-9)7(14)6-11-12-8(10)16-6/h15H,2-5H2,1H3,(H2,10,12). The molecule has 1 aliphatic heterocycles. The number of aliphatic hydroxyl groups is 1. The Balaban J connectivity index is 2.10. The van der Waals surface area contributed by atoms with Crippen LogP contribution in [-0.4, -0.2) is 44.8 Å². The van der Waals surface area contributed by atoms with E-state index in [0.29, 0.717) is 13.1 Å². The first-order chi connectivity index (χ1) is 7.48. The highest BCUT2D eigenvalue weighted by atomic mass is 32.1. The molecule has 0 radical (unpaired) electrons. The second-order valence-electron chi connectivity index (χ2n) is 4.27. The SMILES string of the molecule is CC1(O)CCCN(C(=O)c2nnc(N)s2)C1. The average Bonchev–Trinajstić information content (AvgIpc) is 2.62. The summed E-state index contributed by atoms with van der Waals surface area (Å²) < 4.78 is 0. The van der Waals surface area contributed by atoms with E-state index in [1.54, 1.807) is 11.8 Å². The lowest BCUT2D eigenvalue weighted by Crippen LogP contribution is -2.48. The fourth-order valence-electron chi connectivity index (χ4n) is 1.85. The zero-order chi connectivity index (χ0) is 11.8. The van der Waals surface area contributed by atoms with Gasteiger partial charge in [0.05, 0.1) is 5.60 Å². The molecule has 1 aromatic heterocycles. The summed E-state index contributed by atoms with van der Waals surface area (Å²) in [6.45, 7) is 2.72. The van der Waals surface area contributed by atoms with Crippen LogP contribution in [0.5, 0.6) is 0 Å². The highest BCUT2D eigenvalue weighted by molar-refractivity contribution is 7.16. The van der Waals surface area contributed by atoms with Crippen molar-refractivity contribution >= 4 is 22.4 Å². The van der Waals surface area contributed by atoms with E-state index < -0.39 is 5.60 Å². The van der Waals surface area contributed by atoms with Gasteiger partial charge < -0.3 is 15.7 Å². The van der Waals surface area contributed by atoms with Crippen LogP contribution in [-0.2, 0) is 0 Å². The van der Waals surface area contributed by atoms with Crippen molar-refractivity contribution in [1.82, 2.24) is 15.1 Å². The van der Waals surface area contributed by atoms with Crippen molar-refractivity contribution in [3.05, 3.63) is 5.01 Å². The average molecular weight is 242 g/mol. The number of anilines is 1. The van der Waals surface area contributed by atoms with Gasteiger partial charge in [-0.15, -0.1) is 10.2 Å². The van der Waals surface area contributed by atoms with Gasteiger partial charge in [-0.3, -0.25) is 4.79 Å². The van der Waals surface area contributed by atoms with Crippen LogP contribution in [0.3, 0.4) is 0 Å². The predicted molar refractivity (Wildman–Crippen MR) is 60.1 cm³/mol. The molecule has 1 aromatic rings. The molecule has 1 unspecified atom stereocenters. The summed E-state index contributed by atoms with van der Waals surface area (Å²) in [4.78, 5) is 13.6. The fraction of sp³-hybridized carbons (Fsp3) is 0.667. The Hall–Kier alpha value is -1.21. The summed E-state index contributed by atoms with van der Waals surface area (Å²) in [5.41, 5.74) is 4.62. The number of nitrogens with two attached hydrogens (primary N) is 1. The second-order valence-corrected chi connectivity index (χ2v) is 5.28. The van der Waals surface area contributed by atoms with Crippen molar-refractivity contribution in [3.8, 4) is 0 Å². The lowest BCUT2D eigenvalue weighted by molar-refractivity contribution is -0.0107. The van der Waals surface area contributed by atoms with Crippen molar-refractivity contribution in [2.45, 2.75) is 25.4 Å². The zero-order valence-electron chi connectivity index (χ0n) is 9.01. The number of β-amino-alcohol motifs (C(OH)–C–C–N with tert-alkyl or cyclic N) is 1. The van der Waals surface area contributed by atoms with Crippen LogP contribution in [0.2, 0.25) is 0 Å². The van der Waals surface area contributed by atoms with Crippen LogP contribution in [0.25, 0.3) is 0 Å². The van der Waals surface area contributed by atoms with Crippen LogP contribution < -0.4 is 5.73 Å². The summed E-state index contributed by atoms with van der Waals surface area (Å²) in [6.07, 6.45) is 1.52. The molecule has 2 rings (SSSR count). The fourth-order valence-corrected chi connectivity index (χ4v) is 2.43. The highest BCUT2D eigenvalue weighted by Gasteiger charge is 2.32. The van der Waals surface area contributed by atoms with Gasteiger partial charge in [0, 0.05) is 13.1 Å². The van der Waals surface area contributed by atoms with Crippen molar-refractivity contribution in [3.63, 3.8) is 0 Å². The van der Waals surface area contributed by atoms with Gasteiger partial charge in [0.1, 0.15) is 0 Å². The number of amides is 1. The van der Waals surface area contributed by atoms with Gasteiger partial charge in [0.15, 0.2) is 0 Å². The number of hydrogen-bond donors (Lipinski definition) is 2. The highest BCUT2D eigenvalue weighted by Crippen LogP contribution is 2.22. The topological polar surface area (TPSA) is 92.3 Å². The van der Waals surface area contributed by atoms with Crippen LogP contribution in [0.4, 0.5) is 5.13 Å². The molecule has 0 bridgehead atoms. The molecule has 6 nitrogen and oxygen atoms in total. The monoisotopic (exact) mass is 242 g/mol. The van der Waals surface area contributed by atoms with E-state index in [9.17, 15) is 9.90 Å². The van der Waals surface area contributed by atoms with E-state index in [2.05, 4.69) is 10.2 Å². The maximum Gasteiger partial charge on any atom is 0.285 e. The molecule has 1 fully saturated rings. The third kappa shape index (κ3) is 2.30. The minimum Gasteiger partial charge on any atom is -0.388 e. The van der Waals surface area contributed by atoms with Crippen LogP contribution in [0, 0.1) is 0 Å². The van der Waals surface area contributed by atoms with E-state index in [1.165, 1.54) is 0 Å². The molecule has 7 heteroatoms. The van der Waals surface area contributed by atoms with Gasteiger partial charge in [0.25, 0.3) is 5.91 Å². The smallest absolute Gasteiger partial charge is 0.285 e. The number of carbonyl (C=O) groups excluding carboxylic acids is 1. The molecule has 0 aliphatic carbocycles. The summed E-state index contributed by atoms with van der Waals surface area (Å²) in [5.74, 6) is -0.200. The maximum absolute atomic E-state index is 12.0. The van der Waals surface area contributed by atoms with E-state index >= 15 is 0 Å². The minimum atomic E-state index is -0.801. The van der Waals surface area contributed by atoms with Gasteiger partial charge in [0.2, 0.25) is 10.1 Å². The molecule has 88 valence electrons.